The van der Waals surface area contributed by atoms with Gasteiger partial charge in [0.1, 0.15) is 17.2 Å². The molecule has 0 bridgehead atoms. The Bertz CT molecular complexity index is 1130. The summed E-state index contributed by atoms with van der Waals surface area (Å²) in [6.45, 7) is 0. The third kappa shape index (κ3) is 4.89. The third-order valence-corrected chi connectivity index (χ3v) is 5.52. The lowest BCUT2D eigenvalue weighted by Crippen LogP contribution is -2.19. The average Bonchev–Trinajstić information content (AvgIpc) is 2.81. The van der Waals surface area contributed by atoms with E-state index in [0.29, 0.717) is 28.5 Å². The first-order chi connectivity index (χ1) is 15.6. The molecule has 4 rings (SSSR count). The van der Waals surface area contributed by atoms with E-state index in [1.807, 2.05) is 18.2 Å². The van der Waals surface area contributed by atoms with Crippen LogP contribution in [0.2, 0.25) is 0 Å². The van der Waals surface area contributed by atoms with Crippen LogP contribution in [0.5, 0.6) is 17.2 Å². The van der Waals surface area contributed by atoms with Gasteiger partial charge in [-0.1, -0.05) is 18.2 Å². The van der Waals surface area contributed by atoms with Gasteiger partial charge in [-0.25, -0.2) is 4.79 Å². The second kappa shape index (κ2) is 9.52. The van der Waals surface area contributed by atoms with Gasteiger partial charge in [-0.3, -0.25) is 4.79 Å². The van der Waals surface area contributed by atoms with Crippen LogP contribution in [-0.2, 0) is 6.42 Å². The van der Waals surface area contributed by atoms with Crippen LogP contribution in [0.25, 0.3) is 0 Å². The number of ether oxygens (including phenoxy) is 3. The summed E-state index contributed by atoms with van der Waals surface area (Å²) in [7, 11) is 3.22. The van der Waals surface area contributed by atoms with Crippen molar-refractivity contribution in [3.63, 3.8) is 0 Å². The van der Waals surface area contributed by atoms with E-state index in [4.69, 9.17) is 14.2 Å². The summed E-state index contributed by atoms with van der Waals surface area (Å²) in [5, 5.41) is 0. The topological polar surface area (TPSA) is 61.8 Å². The minimum absolute atomic E-state index is 0.0176. The molecule has 0 aliphatic heterocycles. The van der Waals surface area contributed by atoms with E-state index in [2.05, 4.69) is 12.1 Å². The van der Waals surface area contributed by atoms with Crippen molar-refractivity contribution in [1.82, 2.24) is 0 Å². The fourth-order valence-corrected chi connectivity index (χ4v) is 3.65. The molecule has 0 spiro atoms. The van der Waals surface area contributed by atoms with Gasteiger partial charge in [-0.05, 0) is 90.6 Å². The number of hydrogen-bond donors (Lipinski definition) is 0. The molecule has 0 radical (unpaired) electrons. The van der Waals surface area contributed by atoms with Crippen LogP contribution in [0.1, 0.15) is 32.7 Å². The fraction of sp³-hybridized carbons (Fsp3) is 0.185. The van der Waals surface area contributed by atoms with Crippen molar-refractivity contribution in [2.24, 2.45) is 5.92 Å². The van der Waals surface area contributed by atoms with Crippen LogP contribution in [0.15, 0.2) is 84.4 Å². The highest BCUT2D eigenvalue weighted by atomic mass is 16.5. The molecule has 0 fully saturated rings. The van der Waals surface area contributed by atoms with Crippen LogP contribution in [0, 0.1) is 5.92 Å². The predicted octanol–water partition coefficient (Wildman–Crippen LogP) is 5.29. The number of esters is 1. The van der Waals surface area contributed by atoms with Crippen LogP contribution >= 0.6 is 0 Å². The second-order valence-corrected chi connectivity index (χ2v) is 7.68. The number of hydrogen-bond acceptors (Lipinski definition) is 5. The smallest absolute Gasteiger partial charge is 0.343 e. The lowest BCUT2D eigenvalue weighted by molar-refractivity contribution is 0.0734. The van der Waals surface area contributed by atoms with Crippen molar-refractivity contribution >= 4 is 11.8 Å². The summed E-state index contributed by atoms with van der Waals surface area (Å²) in [5.74, 6) is 1.82. The van der Waals surface area contributed by atoms with Crippen LogP contribution in [0.4, 0.5) is 0 Å². The van der Waals surface area contributed by atoms with Gasteiger partial charge in [-0.15, -0.1) is 0 Å². The van der Waals surface area contributed by atoms with E-state index in [9.17, 15) is 9.59 Å². The number of methoxy groups -OCH3 is 2. The Morgan fingerprint density at radius 1 is 0.750 bits per heavy atom. The summed E-state index contributed by atoms with van der Waals surface area (Å²) >= 11 is 0. The fourth-order valence-electron chi connectivity index (χ4n) is 3.65. The molecule has 1 aliphatic rings. The van der Waals surface area contributed by atoms with Gasteiger partial charge in [0.05, 0.1) is 19.8 Å². The number of carbonyl (C=O) groups is 2. The van der Waals surface area contributed by atoms with Gasteiger partial charge in [0, 0.05) is 5.56 Å². The zero-order valence-corrected chi connectivity index (χ0v) is 18.0. The molecule has 0 aromatic heterocycles. The molecule has 5 heteroatoms. The monoisotopic (exact) mass is 428 g/mol. The van der Waals surface area contributed by atoms with E-state index in [1.54, 1.807) is 62.8 Å². The Hall–Kier alpha value is -3.86. The van der Waals surface area contributed by atoms with E-state index in [0.717, 1.165) is 24.2 Å². The number of allylic oxidation sites excluding steroid dienone is 2. The van der Waals surface area contributed by atoms with Gasteiger partial charge < -0.3 is 14.2 Å². The number of ketones is 1. The van der Waals surface area contributed by atoms with Gasteiger partial charge >= 0.3 is 5.97 Å². The van der Waals surface area contributed by atoms with Crippen LogP contribution < -0.4 is 14.2 Å². The van der Waals surface area contributed by atoms with E-state index < -0.39 is 5.97 Å². The quantitative estimate of drug-likeness (QED) is 0.277. The number of Topliss-reactive ketones (excluding diaryl/α,β-unsaturated/α-hetero) is 1. The summed E-state index contributed by atoms with van der Waals surface area (Å²) in [6, 6.07) is 21.4. The minimum Gasteiger partial charge on any atom is -0.497 e. The lowest BCUT2D eigenvalue weighted by Gasteiger charge is -2.24. The standard InChI is InChI=1S/C27H24O5/c1-30-23-9-3-18(4-10-23)15-19-16-22(17-19)26(28)20-5-13-25(14-6-20)32-27(29)21-7-11-24(31-2)12-8-21/h3-14,16,19H,15,17H2,1-2H3. The maximum atomic E-state index is 12.7. The Labute approximate surface area is 187 Å². The van der Waals surface area contributed by atoms with Gasteiger partial charge in [-0.2, -0.15) is 0 Å². The first-order valence-electron chi connectivity index (χ1n) is 10.4. The van der Waals surface area contributed by atoms with Crippen LogP contribution in [0.3, 0.4) is 0 Å². The van der Waals surface area contributed by atoms with Gasteiger partial charge in [0.25, 0.3) is 0 Å². The van der Waals surface area contributed by atoms with Crippen molar-refractivity contribution in [2.45, 2.75) is 12.8 Å². The van der Waals surface area contributed by atoms with Crippen molar-refractivity contribution in [3.05, 3.63) is 101 Å². The normalized spacial score (nSPS) is 14.7. The Balaban J connectivity index is 1.32. The molecule has 32 heavy (non-hydrogen) atoms. The maximum Gasteiger partial charge on any atom is 0.343 e. The second-order valence-electron chi connectivity index (χ2n) is 7.68. The Kier molecular flexibility index (Phi) is 6.36. The first kappa shape index (κ1) is 21.4. The first-order valence-corrected chi connectivity index (χ1v) is 10.4. The molecule has 0 N–H and O–H groups in total. The molecule has 1 unspecified atom stereocenters. The Morgan fingerprint density at radius 3 is 1.81 bits per heavy atom. The van der Waals surface area contributed by atoms with Crippen LogP contribution in [-0.4, -0.2) is 26.0 Å². The molecule has 3 aromatic carbocycles. The number of rotatable bonds is 8. The maximum absolute atomic E-state index is 12.7. The SMILES string of the molecule is COc1ccc(CC2C=C(C(=O)c3ccc(OC(=O)c4ccc(OC)cc4)cc3)C2)cc1. The molecule has 162 valence electrons. The molecule has 1 aliphatic carbocycles. The highest BCUT2D eigenvalue weighted by molar-refractivity contribution is 6.09. The molecule has 0 saturated carbocycles. The third-order valence-electron chi connectivity index (χ3n) is 5.52. The van der Waals surface area contributed by atoms with Crippen molar-refractivity contribution in [1.29, 1.82) is 0 Å². The number of carbonyl (C=O) groups excluding carboxylic acids is 2. The van der Waals surface area contributed by atoms with Gasteiger partial charge in [0.2, 0.25) is 0 Å². The van der Waals surface area contributed by atoms with Crippen molar-refractivity contribution in [2.75, 3.05) is 14.2 Å². The molecular formula is C27H24O5. The molecule has 0 saturated heterocycles. The van der Waals surface area contributed by atoms with Crippen molar-refractivity contribution in [3.8, 4) is 17.2 Å². The molecule has 3 aromatic rings. The molecule has 0 amide bonds. The average molecular weight is 428 g/mol. The predicted molar refractivity (Wildman–Crippen MR) is 122 cm³/mol. The molecular weight excluding hydrogens is 404 g/mol. The lowest BCUT2D eigenvalue weighted by atomic mass is 9.79. The van der Waals surface area contributed by atoms with Gasteiger partial charge in [0.15, 0.2) is 5.78 Å². The molecule has 5 nitrogen and oxygen atoms in total. The summed E-state index contributed by atoms with van der Waals surface area (Å²) in [5.41, 5.74) is 3.06. The highest BCUT2D eigenvalue weighted by Crippen LogP contribution is 2.32. The van der Waals surface area contributed by atoms with Crippen molar-refractivity contribution < 1.29 is 23.8 Å². The minimum atomic E-state index is -0.463. The molecule has 0 heterocycles. The Morgan fingerprint density at radius 2 is 1.25 bits per heavy atom. The number of benzene rings is 3. The summed E-state index contributed by atoms with van der Waals surface area (Å²) in [6.07, 6.45) is 3.71. The van der Waals surface area contributed by atoms with E-state index in [1.165, 1.54) is 5.56 Å². The van der Waals surface area contributed by atoms with E-state index in [-0.39, 0.29) is 5.78 Å². The largest absolute Gasteiger partial charge is 0.497 e. The summed E-state index contributed by atoms with van der Waals surface area (Å²) < 4.78 is 15.7. The zero-order chi connectivity index (χ0) is 22.5. The van der Waals surface area contributed by atoms with E-state index >= 15 is 0 Å². The zero-order valence-electron chi connectivity index (χ0n) is 18.0. The molecule has 1 atom stereocenters. The summed E-state index contributed by atoms with van der Waals surface area (Å²) in [4.78, 5) is 25.0. The highest BCUT2D eigenvalue weighted by Gasteiger charge is 2.25.